The number of rotatable bonds is 8. The fourth-order valence-electron chi connectivity index (χ4n) is 3.11. The van der Waals surface area contributed by atoms with Crippen molar-refractivity contribution < 1.29 is 9.18 Å². The molecule has 1 aromatic heterocycles. The molecule has 150 valence electrons. The minimum absolute atomic E-state index is 0.115. The molecule has 0 radical (unpaired) electrons. The minimum Gasteiger partial charge on any atom is -0.353 e. The van der Waals surface area contributed by atoms with Crippen LogP contribution in [0.1, 0.15) is 32.1 Å². The zero-order valence-electron chi connectivity index (χ0n) is 15.9. The molecule has 1 amide bonds. The molecule has 4 rings (SSSR count). The Morgan fingerprint density at radius 2 is 1.90 bits per heavy atom. The van der Waals surface area contributed by atoms with Gasteiger partial charge in [0.05, 0.1) is 16.6 Å². The highest BCUT2D eigenvalue weighted by molar-refractivity contribution is 7.99. The molecule has 1 fully saturated rings. The number of fused-ring (bicyclic) bond motifs is 1. The minimum atomic E-state index is -0.353. The number of nitrogens with zero attached hydrogens (tertiary/aromatic N) is 2. The second kappa shape index (κ2) is 8.78. The van der Waals surface area contributed by atoms with Crippen LogP contribution in [0.2, 0.25) is 0 Å². The van der Waals surface area contributed by atoms with E-state index in [9.17, 15) is 14.0 Å². The van der Waals surface area contributed by atoms with E-state index in [1.807, 2.05) is 12.1 Å². The number of amides is 1. The number of carbonyl (C=O) groups is 1. The molecule has 5 nitrogen and oxygen atoms in total. The number of benzene rings is 2. The van der Waals surface area contributed by atoms with Gasteiger partial charge < -0.3 is 5.32 Å². The summed E-state index contributed by atoms with van der Waals surface area (Å²) < 4.78 is 14.9. The van der Waals surface area contributed by atoms with Crippen molar-refractivity contribution in [2.75, 3.05) is 5.75 Å². The van der Waals surface area contributed by atoms with Crippen LogP contribution in [0.25, 0.3) is 16.6 Å². The van der Waals surface area contributed by atoms with Crippen LogP contribution >= 0.6 is 11.8 Å². The quantitative estimate of drug-likeness (QED) is 0.345. The van der Waals surface area contributed by atoms with E-state index in [2.05, 4.69) is 10.3 Å². The van der Waals surface area contributed by atoms with Gasteiger partial charge in [0.25, 0.3) is 5.56 Å². The first kappa shape index (κ1) is 19.6. The fourth-order valence-corrected chi connectivity index (χ4v) is 4.12. The Morgan fingerprint density at radius 1 is 1.14 bits per heavy atom. The van der Waals surface area contributed by atoms with Crippen molar-refractivity contribution >= 4 is 28.6 Å². The van der Waals surface area contributed by atoms with E-state index >= 15 is 0 Å². The number of aromatic nitrogens is 2. The summed E-state index contributed by atoms with van der Waals surface area (Å²) in [6.07, 6.45) is 4.34. The molecular formula is C22H22FN3O2S. The maximum Gasteiger partial charge on any atom is 0.266 e. The van der Waals surface area contributed by atoms with Gasteiger partial charge in [-0.05, 0) is 62.1 Å². The van der Waals surface area contributed by atoms with E-state index in [1.54, 1.807) is 24.3 Å². The second-order valence-corrected chi connectivity index (χ2v) is 8.24. The number of hydrogen-bond donors (Lipinski definition) is 1. The molecule has 7 heteroatoms. The van der Waals surface area contributed by atoms with Gasteiger partial charge in [0.15, 0.2) is 5.16 Å². The smallest absolute Gasteiger partial charge is 0.266 e. The van der Waals surface area contributed by atoms with Gasteiger partial charge in [-0.1, -0.05) is 23.9 Å². The summed E-state index contributed by atoms with van der Waals surface area (Å²) in [5.41, 5.74) is 1.05. The lowest BCUT2D eigenvalue weighted by Crippen LogP contribution is -2.24. The average molecular weight is 412 g/mol. The summed E-state index contributed by atoms with van der Waals surface area (Å²) in [4.78, 5) is 29.5. The third-order valence-corrected chi connectivity index (χ3v) is 5.83. The van der Waals surface area contributed by atoms with Gasteiger partial charge in [0.2, 0.25) is 5.91 Å². The first-order valence-electron chi connectivity index (χ1n) is 9.82. The maximum absolute atomic E-state index is 13.4. The van der Waals surface area contributed by atoms with Gasteiger partial charge >= 0.3 is 0 Å². The molecule has 2 aromatic carbocycles. The molecule has 1 N–H and O–H groups in total. The molecule has 29 heavy (non-hydrogen) atoms. The van der Waals surface area contributed by atoms with Crippen molar-refractivity contribution in [3.05, 3.63) is 64.7 Å². The normalized spacial score (nSPS) is 13.6. The Labute approximate surface area is 172 Å². The lowest BCUT2D eigenvalue weighted by molar-refractivity contribution is -0.121. The number of nitrogens with one attached hydrogen (secondary N) is 1. The van der Waals surface area contributed by atoms with Gasteiger partial charge in [0, 0.05) is 18.2 Å². The monoisotopic (exact) mass is 411 g/mol. The number of para-hydroxylation sites is 1. The van der Waals surface area contributed by atoms with Gasteiger partial charge in [0.1, 0.15) is 5.82 Å². The van der Waals surface area contributed by atoms with E-state index in [0.717, 1.165) is 31.4 Å². The molecule has 1 aliphatic rings. The second-order valence-electron chi connectivity index (χ2n) is 7.18. The van der Waals surface area contributed by atoms with E-state index in [0.29, 0.717) is 34.2 Å². The van der Waals surface area contributed by atoms with Crippen LogP contribution in [-0.4, -0.2) is 27.3 Å². The molecule has 0 aliphatic heterocycles. The van der Waals surface area contributed by atoms with Gasteiger partial charge in [-0.15, -0.1) is 0 Å². The van der Waals surface area contributed by atoms with E-state index in [1.165, 1.54) is 28.5 Å². The van der Waals surface area contributed by atoms with E-state index in [4.69, 9.17) is 0 Å². The summed E-state index contributed by atoms with van der Waals surface area (Å²) in [5, 5.41) is 4.09. The largest absolute Gasteiger partial charge is 0.353 e. The van der Waals surface area contributed by atoms with Crippen LogP contribution in [0.5, 0.6) is 0 Å². The Hall–Kier alpha value is -2.67. The number of hydrogen-bond acceptors (Lipinski definition) is 4. The van der Waals surface area contributed by atoms with Crippen molar-refractivity contribution in [3.8, 4) is 5.69 Å². The summed E-state index contributed by atoms with van der Waals surface area (Å²) >= 11 is 1.48. The van der Waals surface area contributed by atoms with Crippen LogP contribution in [0.4, 0.5) is 4.39 Å². The van der Waals surface area contributed by atoms with Crippen molar-refractivity contribution in [2.24, 2.45) is 0 Å². The number of thioether (sulfide) groups is 1. The summed E-state index contributed by atoms with van der Waals surface area (Å²) in [5.74, 6) is 0.502. The Balaban J connectivity index is 1.50. The van der Waals surface area contributed by atoms with Gasteiger partial charge in [-0.25, -0.2) is 9.37 Å². The molecule has 1 aliphatic carbocycles. The molecule has 0 spiro atoms. The van der Waals surface area contributed by atoms with Crippen molar-refractivity contribution in [3.63, 3.8) is 0 Å². The van der Waals surface area contributed by atoms with Gasteiger partial charge in [-0.2, -0.15) is 0 Å². The molecule has 1 heterocycles. The first-order valence-corrected chi connectivity index (χ1v) is 10.8. The number of halogens is 1. The highest BCUT2D eigenvalue weighted by atomic mass is 32.2. The standard InChI is InChI=1S/C22H22FN3O2S/c23-15-8-12-17(13-9-15)26-21(28)18-5-1-2-6-19(18)25-22(26)29-14-4-3-7-20(27)24-16-10-11-16/h1-2,5-6,8-9,12-13,16H,3-4,7,10-11,14H2,(H,24,27). The first-order chi connectivity index (χ1) is 14.1. The SMILES string of the molecule is O=C(CCCCSc1nc2ccccc2c(=O)n1-c1ccc(F)cc1)NC1CC1. The van der Waals surface area contributed by atoms with E-state index < -0.39 is 0 Å². The van der Waals surface area contributed by atoms with Crippen LogP contribution < -0.4 is 10.9 Å². The Kier molecular flexibility index (Phi) is 5.94. The number of unbranched alkanes of at least 4 members (excludes halogenated alkanes) is 1. The van der Waals surface area contributed by atoms with Crippen molar-refractivity contribution in [1.82, 2.24) is 14.9 Å². The fraction of sp³-hybridized carbons (Fsp3) is 0.318. The maximum atomic E-state index is 13.4. The molecule has 3 aromatic rings. The zero-order chi connectivity index (χ0) is 20.2. The predicted molar refractivity (Wildman–Crippen MR) is 113 cm³/mol. The Morgan fingerprint density at radius 3 is 2.66 bits per heavy atom. The van der Waals surface area contributed by atoms with Crippen LogP contribution in [-0.2, 0) is 4.79 Å². The molecular weight excluding hydrogens is 389 g/mol. The summed E-state index contributed by atoms with van der Waals surface area (Å²) in [6, 6.07) is 13.5. The third-order valence-electron chi connectivity index (χ3n) is 4.80. The molecule has 1 saturated carbocycles. The number of carbonyl (C=O) groups excluding carboxylic acids is 1. The highest BCUT2D eigenvalue weighted by Gasteiger charge is 2.22. The topological polar surface area (TPSA) is 64.0 Å². The average Bonchev–Trinajstić information content (AvgIpc) is 3.53. The van der Waals surface area contributed by atoms with Crippen LogP contribution in [0.15, 0.2) is 58.5 Å². The van der Waals surface area contributed by atoms with Crippen molar-refractivity contribution in [1.29, 1.82) is 0 Å². The van der Waals surface area contributed by atoms with Gasteiger partial charge in [-0.3, -0.25) is 14.2 Å². The summed E-state index contributed by atoms with van der Waals surface area (Å²) in [7, 11) is 0. The third kappa shape index (κ3) is 4.85. The lowest BCUT2D eigenvalue weighted by Gasteiger charge is -2.13. The van der Waals surface area contributed by atoms with E-state index in [-0.39, 0.29) is 17.3 Å². The lowest BCUT2D eigenvalue weighted by atomic mass is 10.2. The Bertz CT molecular complexity index is 1080. The summed E-state index contributed by atoms with van der Waals surface area (Å²) in [6.45, 7) is 0. The molecule has 0 saturated heterocycles. The molecule has 0 atom stereocenters. The van der Waals surface area contributed by atoms with Crippen LogP contribution in [0.3, 0.4) is 0 Å². The zero-order valence-corrected chi connectivity index (χ0v) is 16.8. The molecule has 0 unspecified atom stereocenters. The van der Waals surface area contributed by atoms with Crippen molar-refractivity contribution in [2.45, 2.75) is 43.3 Å². The molecule has 0 bridgehead atoms. The predicted octanol–water partition coefficient (Wildman–Crippen LogP) is 4.07. The highest BCUT2D eigenvalue weighted by Crippen LogP contribution is 2.23. The van der Waals surface area contributed by atoms with Crippen LogP contribution in [0, 0.1) is 5.82 Å².